The monoisotopic (exact) mass is 315 g/mol. The van der Waals surface area contributed by atoms with Crippen LogP contribution in [0.4, 0.5) is 0 Å². The summed E-state index contributed by atoms with van der Waals surface area (Å²) in [5.41, 5.74) is 0.145. The molecule has 0 unspecified atom stereocenters. The second-order valence-electron chi connectivity index (χ2n) is 6.51. The summed E-state index contributed by atoms with van der Waals surface area (Å²) in [6.07, 6.45) is 1.07. The Labute approximate surface area is 137 Å². The third-order valence-corrected chi connectivity index (χ3v) is 3.06. The Morgan fingerprint density at radius 1 is 1.14 bits per heavy atom. The summed E-state index contributed by atoms with van der Waals surface area (Å²) < 4.78 is 5.07. The Morgan fingerprint density at radius 2 is 1.86 bits per heavy atom. The van der Waals surface area contributed by atoms with Crippen LogP contribution in [0.15, 0.2) is 4.99 Å². The van der Waals surface area contributed by atoms with Gasteiger partial charge in [-0.2, -0.15) is 0 Å². The Hall–Kier alpha value is -0.850. The number of guanidine groups is 1. The van der Waals surface area contributed by atoms with E-state index in [1.54, 1.807) is 7.11 Å². The smallest absolute Gasteiger partial charge is 0.191 e. The SMILES string of the molecule is CCNC(=NCCNC(C)(C)C)NCCN(C)CCCOC. The van der Waals surface area contributed by atoms with Crippen molar-refractivity contribution < 1.29 is 4.74 Å². The highest BCUT2D eigenvalue weighted by molar-refractivity contribution is 5.79. The zero-order valence-electron chi connectivity index (χ0n) is 15.5. The molecule has 6 nitrogen and oxygen atoms in total. The lowest BCUT2D eigenvalue weighted by molar-refractivity contribution is 0.180. The second-order valence-corrected chi connectivity index (χ2v) is 6.51. The predicted octanol–water partition coefficient (Wildman–Crippen LogP) is 0.898. The van der Waals surface area contributed by atoms with Crippen LogP contribution in [0.25, 0.3) is 0 Å². The van der Waals surface area contributed by atoms with Crippen LogP contribution in [-0.2, 0) is 4.74 Å². The first-order valence-electron chi connectivity index (χ1n) is 8.33. The average molecular weight is 316 g/mol. The molecule has 0 saturated heterocycles. The molecule has 0 spiro atoms. The lowest BCUT2D eigenvalue weighted by Gasteiger charge is -2.20. The van der Waals surface area contributed by atoms with Gasteiger partial charge in [-0.3, -0.25) is 4.99 Å². The molecule has 0 amide bonds. The van der Waals surface area contributed by atoms with Crippen molar-refractivity contribution in [1.29, 1.82) is 0 Å². The van der Waals surface area contributed by atoms with Gasteiger partial charge in [0.05, 0.1) is 6.54 Å². The van der Waals surface area contributed by atoms with Crippen LogP contribution in [0.5, 0.6) is 0 Å². The van der Waals surface area contributed by atoms with E-state index in [-0.39, 0.29) is 5.54 Å². The van der Waals surface area contributed by atoms with E-state index < -0.39 is 0 Å². The summed E-state index contributed by atoms with van der Waals surface area (Å²) in [6.45, 7) is 14.9. The van der Waals surface area contributed by atoms with Gasteiger partial charge < -0.3 is 25.6 Å². The molecular formula is C16H37N5O. The quantitative estimate of drug-likeness (QED) is 0.300. The van der Waals surface area contributed by atoms with E-state index in [1.165, 1.54) is 0 Å². The van der Waals surface area contributed by atoms with Gasteiger partial charge in [0, 0.05) is 52.0 Å². The number of nitrogens with zero attached hydrogens (tertiary/aromatic N) is 2. The molecular weight excluding hydrogens is 278 g/mol. The number of ether oxygens (including phenoxy) is 1. The maximum Gasteiger partial charge on any atom is 0.191 e. The maximum absolute atomic E-state index is 5.07. The number of nitrogens with one attached hydrogen (secondary N) is 3. The van der Waals surface area contributed by atoms with Gasteiger partial charge in [-0.25, -0.2) is 0 Å². The molecule has 132 valence electrons. The second kappa shape index (κ2) is 12.7. The van der Waals surface area contributed by atoms with Crippen LogP contribution in [0.2, 0.25) is 0 Å². The molecule has 0 aromatic rings. The summed E-state index contributed by atoms with van der Waals surface area (Å²) >= 11 is 0. The molecule has 0 saturated carbocycles. The molecule has 0 rings (SSSR count). The summed E-state index contributed by atoms with van der Waals surface area (Å²) in [7, 11) is 3.88. The minimum Gasteiger partial charge on any atom is -0.385 e. The Morgan fingerprint density at radius 3 is 2.45 bits per heavy atom. The van der Waals surface area contributed by atoms with Gasteiger partial charge in [0.15, 0.2) is 5.96 Å². The zero-order chi connectivity index (χ0) is 16.8. The topological polar surface area (TPSA) is 60.9 Å². The maximum atomic E-state index is 5.07. The molecule has 0 aliphatic heterocycles. The predicted molar refractivity (Wildman–Crippen MR) is 95.7 cm³/mol. The summed E-state index contributed by atoms with van der Waals surface area (Å²) in [6, 6.07) is 0. The van der Waals surface area contributed by atoms with Crippen molar-refractivity contribution in [2.45, 2.75) is 39.7 Å². The number of aliphatic imine (C=N–C) groups is 1. The van der Waals surface area contributed by atoms with Crippen LogP contribution >= 0.6 is 0 Å². The number of likely N-dealkylation sites (N-methyl/N-ethyl adjacent to an activating group) is 1. The number of hydrogen-bond donors (Lipinski definition) is 3. The van der Waals surface area contributed by atoms with Gasteiger partial charge in [0.25, 0.3) is 0 Å². The molecule has 0 aromatic carbocycles. The van der Waals surface area contributed by atoms with Crippen molar-refractivity contribution >= 4 is 5.96 Å². The molecule has 22 heavy (non-hydrogen) atoms. The van der Waals surface area contributed by atoms with Crippen LogP contribution < -0.4 is 16.0 Å². The molecule has 0 aliphatic rings. The fourth-order valence-corrected chi connectivity index (χ4v) is 1.90. The highest BCUT2D eigenvalue weighted by atomic mass is 16.5. The average Bonchev–Trinajstić information content (AvgIpc) is 2.42. The van der Waals surface area contributed by atoms with E-state index in [2.05, 4.69) is 60.6 Å². The van der Waals surface area contributed by atoms with E-state index in [1.807, 2.05) is 0 Å². The van der Waals surface area contributed by atoms with Crippen LogP contribution in [-0.4, -0.2) is 76.4 Å². The van der Waals surface area contributed by atoms with Crippen LogP contribution in [0, 0.1) is 0 Å². The van der Waals surface area contributed by atoms with Crippen molar-refractivity contribution in [3.63, 3.8) is 0 Å². The van der Waals surface area contributed by atoms with Crippen molar-refractivity contribution in [2.75, 3.05) is 60.0 Å². The summed E-state index contributed by atoms with van der Waals surface area (Å²) in [4.78, 5) is 6.88. The molecule has 0 heterocycles. The fraction of sp³-hybridized carbons (Fsp3) is 0.938. The van der Waals surface area contributed by atoms with E-state index in [4.69, 9.17) is 4.74 Å². The number of hydrogen-bond acceptors (Lipinski definition) is 4. The molecule has 3 N–H and O–H groups in total. The van der Waals surface area contributed by atoms with Gasteiger partial charge >= 0.3 is 0 Å². The van der Waals surface area contributed by atoms with E-state index in [9.17, 15) is 0 Å². The number of methoxy groups -OCH3 is 1. The van der Waals surface area contributed by atoms with E-state index in [0.717, 1.165) is 58.3 Å². The first-order chi connectivity index (χ1) is 10.4. The Kier molecular flexibility index (Phi) is 12.2. The highest BCUT2D eigenvalue weighted by Crippen LogP contribution is 1.96. The standard InChI is InChI=1S/C16H37N5O/c1-7-17-15(18-9-10-20-16(2,3)4)19-11-13-21(5)12-8-14-22-6/h20H,7-14H2,1-6H3,(H2,17,18,19). The van der Waals surface area contributed by atoms with Gasteiger partial charge in [-0.05, 0) is 41.2 Å². The third-order valence-electron chi connectivity index (χ3n) is 3.06. The van der Waals surface area contributed by atoms with Gasteiger partial charge in [-0.1, -0.05) is 0 Å². The van der Waals surface area contributed by atoms with Crippen LogP contribution in [0.1, 0.15) is 34.1 Å². The largest absolute Gasteiger partial charge is 0.385 e. The first-order valence-corrected chi connectivity index (χ1v) is 8.33. The van der Waals surface area contributed by atoms with E-state index >= 15 is 0 Å². The molecule has 0 aliphatic carbocycles. The lowest BCUT2D eigenvalue weighted by Crippen LogP contribution is -2.42. The third kappa shape index (κ3) is 14.1. The molecule has 0 radical (unpaired) electrons. The molecule has 0 fully saturated rings. The minimum absolute atomic E-state index is 0.145. The van der Waals surface area contributed by atoms with Gasteiger partial charge in [-0.15, -0.1) is 0 Å². The Bertz CT molecular complexity index is 289. The zero-order valence-corrected chi connectivity index (χ0v) is 15.5. The summed E-state index contributed by atoms with van der Waals surface area (Å²) in [5.74, 6) is 0.892. The van der Waals surface area contributed by atoms with Crippen molar-refractivity contribution in [1.82, 2.24) is 20.9 Å². The van der Waals surface area contributed by atoms with Crippen molar-refractivity contribution in [2.24, 2.45) is 4.99 Å². The number of rotatable bonds is 11. The highest BCUT2D eigenvalue weighted by Gasteiger charge is 2.07. The van der Waals surface area contributed by atoms with Crippen molar-refractivity contribution in [3.8, 4) is 0 Å². The molecule has 0 aromatic heterocycles. The lowest BCUT2D eigenvalue weighted by atomic mass is 10.1. The molecule has 6 heteroatoms. The first kappa shape index (κ1) is 21.1. The minimum atomic E-state index is 0.145. The van der Waals surface area contributed by atoms with Gasteiger partial charge in [0.2, 0.25) is 0 Å². The molecule has 0 atom stereocenters. The van der Waals surface area contributed by atoms with E-state index in [0.29, 0.717) is 0 Å². The molecule has 0 bridgehead atoms. The normalized spacial score (nSPS) is 12.8. The Balaban J connectivity index is 3.92. The van der Waals surface area contributed by atoms with Crippen LogP contribution in [0.3, 0.4) is 0 Å². The van der Waals surface area contributed by atoms with Gasteiger partial charge in [0.1, 0.15) is 0 Å². The fourth-order valence-electron chi connectivity index (χ4n) is 1.90. The summed E-state index contributed by atoms with van der Waals surface area (Å²) in [5, 5.41) is 10.1. The van der Waals surface area contributed by atoms with Crippen molar-refractivity contribution in [3.05, 3.63) is 0 Å².